The molecule has 0 aliphatic heterocycles. The largest absolute Gasteiger partial charge is 0.324 e. The third-order valence-electron chi connectivity index (χ3n) is 3.24. The molecule has 0 spiro atoms. The maximum atomic E-state index is 5.29. The average Bonchev–Trinajstić information content (AvgIpc) is 3.08. The number of para-hydroxylation sites is 4. The standard InChI is InChI=1S/C15H12N6S/c22-15(20-13-16-9-5-1-2-6-10(9)17-13)21-14-18-11-7-3-4-8-12(11)19-14/h1-8H,(H4,16,17,18,19,20,21,22). The van der Waals surface area contributed by atoms with Crippen molar-refractivity contribution in [3.05, 3.63) is 48.5 Å². The first-order valence-corrected chi connectivity index (χ1v) is 7.16. The van der Waals surface area contributed by atoms with Crippen molar-refractivity contribution >= 4 is 51.3 Å². The number of hydrogen-bond donors (Lipinski definition) is 4. The molecule has 2 heterocycles. The summed E-state index contributed by atoms with van der Waals surface area (Å²) in [5.41, 5.74) is 3.68. The highest BCUT2D eigenvalue weighted by molar-refractivity contribution is 7.80. The monoisotopic (exact) mass is 308 g/mol. The van der Waals surface area contributed by atoms with Crippen molar-refractivity contribution in [1.29, 1.82) is 0 Å². The number of hydrogen-bond acceptors (Lipinski definition) is 3. The normalized spacial score (nSPS) is 10.9. The van der Waals surface area contributed by atoms with Gasteiger partial charge in [0, 0.05) is 0 Å². The number of nitrogens with zero attached hydrogens (tertiary/aromatic N) is 2. The van der Waals surface area contributed by atoms with E-state index in [-0.39, 0.29) is 0 Å². The summed E-state index contributed by atoms with van der Waals surface area (Å²) in [5.74, 6) is 1.18. The molecule has 0 unspecified atom stereocenters. The molecule has 4 aromatic rings. The van der Waals surface area contributed by atoms with E-state index in [1.807, 2.05) is 48.5 Å². The van der Waals surface area contributed by atoms with Crippen LogP contribution in [0.5, 0.6) is 0 Å². The SMILES string of the molecule is S=C(Nc1nc2ccccc2[nH]1)Nc1nc2ccccc2[nH]1. The molecule has 0 amide bonds. The number of aromatic amines is 2. The van der Waals surface area contributed by atoms with Crippen LogP contribution in [0.4, 0.5) is 11.9 Å². The van der Waals surface area contributed by atoms with Gasteiger partial charge in [-0.3, -0.25) is 0 Å². The van der Waals surface area contributed by atoms with E-state index in [2.05, 4.69) is 30.6 Å². The Bertz CT molecular complexity index is 826. The minimum Gasteiger partial charge on any atom is -0.324 e. The Balaban J connectivity index is 1.52. The maximum absolute atomic E-state index is 5.29. The molecule has 0 aliphatic rings. The lowest BCUT2D eigenvalue weighted by Gasteiger charge is -2.04. The third-order valence-corrected chi connectivity index (χ3v) is 3.45. The van der Waals surface area contributed by atoms with E-state index in [9.17, 15) is 0 Å². The van der Waals surface area contributed by atoms with Gasteiger partial charge in [-0.25, -0.2) is 9.97 Å². The molecule has 0 bridgehead atoms. The third kappa shape index (κ3) is 2.38. The summed E-state index contributed by atoms with van der Waals surface area (Å²) in [5, 5.41) is 6.45. The molecule has 0 saturated heterocycles. The Labute approximate surface area is 131 Å². The highest BCUT2D eigenvalue weighted by atomic mass is 32.1. The Morgan fingerprint density at radius 3 is 1.68 bits per heavy atom. The van der Waals surface area contributed by atoms with Crippen LogP contribution in [0.1, 0.15) is 0 Å². The number of rotatable bonds is 2. The van der Waals surface area contributed by atoms with Crippen molar-refractivity contribution < 1.29 is 0 Å². The second-order valence-electron chi connectivity index (χ2n) is 4.78. The van der Waals surface area contributed by atoms with E-state index < -0.39 is 0 Å². The lowest BCUT2D eigenvalue weighted by atomic mass is 10.3. The first-order chi connectivity index (χ1) is 10.8. The molecule has 7 heteroatoms. The highest BCUT2D eigenvalue weighted by Crippen LogP contribution is 2.15. The van der Waals surface area contributed by atoms with Gasteiger partial charge in [0.25, 0.3) is 0 Å². The molecule has 2 aromatic carbocycles. The molecule has 0 fully saturated rings. The number of imidazole rings is 2. The summed E-state index contributed by atoms with van der Waals surface area (Å²) in [6.07, 6.45) is 0. The van der Waals surface area contributed by atoms with Gasteiger partial charge in [0.1, 0.15) is 0 Å². The maximum Gasteiger partial charge on any atom is 0.207 e. The van der Waals surface area contributed by atoms with Gasteiger partial charge in [0.2, 0.25) is 11.9 Å². The van der Waals surface area contributed by atoms with Crippen LogP contribution in [-0.2, 0) is 0 Å². The average molecular weight is 308 g/mol. The zero-order chi connectivity index (χ0) is 14.9. The van der Waals surface area contributed by atoms with Gasteiger partial charge in [0.05, 0.1) is 22.1 Å². The molecule has 6 nitrogen and oxygen atoms in total. The minimum absolute atomic E-state index is 0.415. The molecule has 0 atom stereocenters. The first kappa shape index (κ1) is 12.8. The second kappa shape index (κ2) is 5.12. The summed E-state index contributed by atoms with van der Waals surface area (Å²) < 4.78 is 0. The number of fused-ring (bicyclic) bond motifs is 2. The lowest BCUT2D eigenvalue weighted by molar-refractivity contribution is 1.31. The van der Waals surface area contributed by atoms with Gasteiger partial charge in [0.15, 0.2) is 5.11 Å². The van der Waals surface area contributed by atoms with Crippen molar-refractivity contribution in [2.75, 3.05) is 10.6 Å². The van der Waals surface area contributed by atoms with Crippen LogP contribution in [-0.4, -0.2) is 25.0 Å². The number of nitrogens with one attached hydrogen (secondary N) is 4. The van der Waals surface area contributed by atoms with Crippen LogP contribution in [0.15, 0.2) is 48.5 Å². The summed E-state index contributed by atoms with van der Waals surface area (Å²) in [6.45, 7) is 0. The second-order valence-corrected chi connectivity index (χ2v) is 5.19. The van der Waals surface area contributed by atoms with Gasteiger partial charge < -0.3 is 20.6 Å². The predicted molar refractivity (Wildman–Crippen MR) is 92.0 cm³/mol. The van der Waals surface area contributed by atoms with Crippen molar-refractivity contribution in [3.63, 3.8) is 0 Å². The zero-order valence-corrected chi connectivity index (χ0v) is 12.2. The number of benzene rings is 2. The van der Waals surface area contributed by atoms with Crippen molar-refractivity contribution in [2.45, 2.75) is 0 Å². The summed E-state index contributed by atoms with van der Waals surface area (Å²) in [7, 11) is 0. The van der Waals surface area contributed by atoms with E-state index in [0.717, 1.165) is 22.1 Å². The predicted octanol–water partition coefficient (Wildman–Crippen LogP) is 3.25. The van der Waals surface area contributed by atoms with Crippen molar-refractivity contribution in [3.8, 4) is 0 Å². The van der Waals surface area contributed by atoms with Crippen LogP contribution in [0.3, 0.4) is 0 Å². The van der Waals surface area contributed by atoms with Gasteiger partial charge in [-0.2, -0.15) is 0 Å². The first-order valence-electron chi connectivity index (χ1n) is 6.75. The smallest absolute Gasteiger partial charge is 0.207 e. The van der Waals surface area contributed by atoms with Crippen molar-refractivity contribution in [2.24, 2.45) is 0 Å². The number of H-pyrrole nitrogens is 2. The molecule has 22 heavy (non-hydrogen) atoms. The van der Waals surface area contributed by atoms with Gasteiger partial charge >= 0.3 is 0 Å². The minimum atomic E-state index is 0.415. The fourth-order valence-electron chi connectivity index (χ4n) is 2.27. The molecular weight excluding hydrogens is 296 g/mol. The molecule has 0 aliphatic carbocycles. The van der Waals surface area contributed by atoms with E-state index in [4.69, 9.17) is 12.2 Å². The number of thiocarbonyl (C=S) groups is 1. The van der Waals surface area contributed by atoms with E-state index in [1.165, 1.54) is 0 Å². The van der Waals surface area contributed by atoms with Crippen LogP contribution in [0, 0.1) is 0 Å². The van der Waals surface area contributed by atoms with Crippen molar-refractivity contribution in [1.82, 2.24) is 19.9 Å². The van der Waals surface area contributed by atoms with Gasteiger partial charge in [-0.1, -0.05) is 24.3 Å². The lowest BCUT2D eigenvalue weighted by Crippen LogP contribution is -2.20. The topological polar surface area (TPSA) is 81.4 Å². The van der Waals surface area contributed by atoms with Crippen LogP contribution >= 0.6 is 12.2 Å². The molecular formula is C15H12N6S. The van der Waals surface area contributed by atoms with Gasteiger partial charge in [-0.05, 0) is 36.5 Å². The summed E-state index contributed by atoms with van der Waals surface area (Å²) in [6, 6.07) is 15.6. The fraction of sp³-hybridized carbons (Fsp3) is 0. The van der Waals surface area contributed by atoms with Crippen LogP contribution < -0.4 is 10.6 Å². The number of aromatic nitrogens is 4. The molecule has 4 rings (SSSR count). The zero-order valence-electron chi connectivity index (χ0n) is 11.4. The van der Waals surface area contributed by atoms with Gasteiger partial charge in [-0.15, -0.1) is 0 Å². The molecule has 108 valence electrons. The Morgan fingerprint density at radius 1 is 0.773 bits per heavy atom. The summed E-state index contributed by atoms with van der Waals surface area (Å²) >= 11 is 5.29. The Morgan fingerprint density at radius 2 is 1.23 bits per heavy atom. The van der Waals surface area contributed by atoms with Crippen LogP contribution in [0.2, 0.25) is 0 Å². The molecule has 2 aromatic heterocycles. The molecule has 4 N–H and O–H groups in total. The van der Waals surface area contributed by atoms with E-state index in [1.54, 1.807) is 0 Å². The Hall–Kier alpha value is -2.93. The van der Waals surface area contributed by atoms with Crippen LogP contribution in [0.25, 0.3) is 22.1 Å². The Kier molecular flexibility index (Phi) is 2.97. The van der Waals surface area contributed by atoms with E-state index in [0.29, 0.717) is 17.0 Å². The summed E-state index contributed by atoms with van der Waals surface area (Å²) in [4.78, 5) is 15.1. The highest BCUT2D eigenvalue weighted by Gasteiger charge is 2.06. The molecule has 0 radical (unpaired) electrons. The quantitative estimate of drug-likeness (QED) is 0.427. The molecule has 0 saturated carbocycles. The number of anilines is 2. The fourth-order valence-corrected chi connectivity index (χ4v) is 2.46. The van der Waals surface area contributed by atoms with E-state index >= 15 is 0 Å².